The number of hydrogen-bond donors (Lipinski definition) is 3. The molecule has 0 bridgehead atoms. The summed E-state index contributed by atoms with van der Waals surface area (Å²) in [4.78, 5) is 49.5. The number of rotatable bonds is 10. The fourth-order valence-electron chi connectivity index (χ4n) is 3.71. The quantitative estimate of drug-likeness (QED) is 0.0475. The molecule has 4 aromatic carbocycles. The summed E-state index contributed by atoms with van der Waals surface area (Å²) in [6.45, 7) is 0. The summed E-state index contributed by atoms with van der Waals surface area (Å²) in [6, 6.07) is 19.6. The molecule has 0 aliphatic rings. The Morgan fingerprint density at radius 3 is 2.07 bits per heavy atom. The second-order valence-electron chi connectivity index (χ2n) is 8.85. The third-order valence-electron chi connectivity index (χ3n) is 5.82. The predicted octanol–water partition coefficient (Wildman–Crippen LogP) is 6.29. The zero-order chi connectivity index (χ0) is 31.8. The highest BCUT2D eigenvalue weighted by molar-refractivity contribution is 8.00. The second-order valence-corrected chi connectivity index (χ2v) is 9.90. The molecule has 14 heteroatoms. The number of carbonyl (C=O) groups is 3. The van der Waals surface area contributed by atoms with Crippen molar-refractivity contribution in [1.82, 2.24) is 5.32 Å². The van der Waals surface area contributed by atoms with Crippen LogP contribution in [0.25, 0.3) is 6.08 Å². The number of anilines is 2. The first kappa shape index (κ1) is 31.4. The monoisotopic (exact) mass is 624 g/mol. The number of carbonyl (C=O) groups excluding carboxylic acids is 3. The SMILES string of the molecule is O=C(CSc1ccc(NC(=O)/C(=C/c2ccccc2[N+](=O)[O-])NC(=O)c2ccccc2)cc1)Nc1c(F)c(F)cc(F)c1F. The number of nitro groups is 1. The van der Waals surface area contributed by atoms with Crippen LogP contribution in [0.2, 0.25) is 0 Å². The fraction of sp³-hybridized carbons (Fsp3) is 0.0333. The normalized spacial score (nSPS) is 11.0. The largest absolute Gasteiger partial charge is 0.321 e. The van der Waals surface area contributed by atoms with Crippen LogP contribution in [-0.4, -0.2) is 28.4 Å². The highest BCUT2D eigenvalue weighted by Crippen LogP contribution is 2.26. The van der Waals surface area contributed by atoms with Gasteiger partial charge in [0.2, 0.25) is 5.91 Å². The van der Waals surface area contributed by atoms with Crippen LogP contribution in [0, 0.1) is 33.4 Å². The minimum Gasteiger partial charge on any atom is -0.321 e. The van der Waals surface area contributed by atoms with Gasteiger partial charge in [0, 0.05) is 28.3 Å². The summed E-state index contributed by atoms with van der Waals surface area (Å²) in [5.41, 5.74) is -1.24. The number of para-hydroxylation sites is 1. The van der Waals surface area contributed by atoms with Crippen molar-refractivity contribution in [3.8, 4) is 0 Å². The molecule has 0 aliphatic carbocycles. The number of thioether (sulfide) groups is 1. The van der Waals surface area contributed by atoms with E-state index in [4.69, 9.17) is 0 Å². The zero-order valence-electron chi connectivity index (χ0n) is 22.3. The molecule has 0 saturated carbocycles. The topological polar surface area (TPSA) is 130 Å². The van der Waals surface area contributed by atoms with Crippen LogP contribution in [-0.2, 0) is 9.59 Å². The van der Waals surface area contributed by atoms with Crippen molar-refractivity contribution >= 4 is 52.6 Å². The Kier molecular flexibility index (Phi) is 10.1. The van der Waals surface area contributed by atoms with Crippen molar-refractivity contribution in [3.63, 3.8) is 0 Å². The first-order valence-corrected chi connectivity index (χ1v) is 13.5. The van der Waals surface area contributed by atoms with Gasteiger partial charge in [-0.15, -0.1) is 11.8 Å². The minimum atomic E-state index is -1.74. The molecule has 0 fully saturated rings. The maximum absolute atomic E-state index is 13.8. The lowest BCUT2D eigenvalue weighted by molar-refractivity contribution is -0.385. The van der Waals surface area contributed by atoms with Gasteiger partial charge in [-0.2, -0.15) is 0 Å². The third kappa shape index (κ3) is 7.86. The molecule has 0 atom stereocenters. The number of nitrogens with zero attached hydrogens (tertiary/aromatic N) is 1. The highest BCUT2D eigenvalue weighted by Gasteiger charge is 2.21. The molecule has 4 rings (SSSR count). The Morgan fingerprint density at radius 1 is 0.818 bits per heavy atom. The smallest absolute Gasteiger partial charge is 0.276 e. The van der Waals surface area contributed by atoms with E-state index >= 15 is 0 Å². The number of nitrogens with one attached hydrogen (secondary N) is 3. The predicted molar refractivity (Wildman–Crippen MR) is 156 cm³/mol. The van der Waals surface area contributed by atoms with Gasteiger partial charge in [0.25, 0.3) is 17.5 Å². The van der Waals surface area contributed by atoms with E-state index in [9.17, 15) is 42.1 Å². The van der Waals surface area contributed by atoms with E-state index in [1.165, 1.54) is 66.7 Å². The lowest BCUT2D eigenvalue weighted by Gasteiger charge is -2.12. The van der Waals surface area contributed by atoms with E-state index in [0.29, 0.717) is 4.90 Å². The van der Waals surface area contributed by atoms with Crippen molar-refractivity contribution < 1.29 is 36.9 Å². The number of nitro benzene ring substituents is 1. The van der Waals surface area contributed by atoms with Gasteiger partial charge in [-0.05, 0) is 48.5 Å². The summed E-state index contributed by atoms with van der Waals surface area (Å²) < 4.78 is 54.4. The van der Waals surface area contributed by atoms with Crippen LogP contribution in [0.4, 0.5) is 34.6 Å². The van der Waals surface area contributed by atoms with Crippen LogP contribution in [0.5, 0.6) is 0 Å². The van der Waals surface area contributed by atoms with E-state index in [0.717, 1.165) is 11.8 Å². The first-order chi connectivity index (χ1) is 21.0. The molecule has 0 aromatic heterocycles. The second kappa shape index (κ2) is 14.1. The molecule has 0 unspecified atom stereocenters. The van der Waals surface area contributed by atoms with Crippen LogP contribution in [0.3, 0.4) is 0 Å². The van der Waals surface area contributed by atoms with E-state index in [1.54, 1.807) is 18.2 Å². The minimum absolute atomic E-state index is 0.0247. The molecule has 4 aromatic rings. The van der Waals surface area contributed by atoms with Crippen LogP contribution in [0.1, 0.15) is 15.9 Å². The fourth-order valence-corrected chi connectivity index (χ4v) is 4.41. The Balaban J connectivity index is 1.46. The maximum atomic E-state index is 13.8. The van der Waals surface area contributed by atoms with E-state index in [2.05, 4.69) is 10.6 Å². The van der Waals surface area contributed by atoms with Gasteiger partial charge in [-0.1, -0.05) is 30.3 Å². The molecular formula is C30H20F4N4O5S. The average molecular weight is 625 g/mol. The Morgan fingerprint density at radius 2 is 1.43 bits per heavy atom. The van der Waals surface area contributed by atoms with Gasteiger partial charge in [0.15, 0.2) is 23.3 Å². The molecule has 0 radical (unpaired) electrons. The summed E-state index contributed by atoms with van der Waals surface area (Å²) >= 11 is 0.925. The highest BCUT2D eigenvalue weighted by atomic mass is 32.2. The van der Waals surface area contributed by atoms with Crippen molar-refractivity contribution in [2.75, 3.05) is 16.4 Å². The van der Waals surface area contributed by atoms with Gasteiger partial charge in [0.05, 0.1) is 16.2 Å². The molecule has 0 heterocycles. The molecule has 0 aliphatic heterocycles. The van der Waals surface area contributed by atoms with E-state index < -0.39 is 51.6 Å². The Labute approximate surface area is 251 Å². The summed E-state index contributed by atoms with van der Waals surface area (Å²) in [6.07, 6.45) is 1.17. The molecule has 9 nitrogen and oxygen atoms in total. The summed E-state index contributed by atoms with van der Waals surface area (Å²) in [5.74, 6) is -9.54. The third-order valence-corrected chi connectivity index (χ3v) is 6.83. The van der Waals surface area contributed by atoms with Crippen molar-refractivity contribution in [3.05, 3.63) is 135 Å². The Hall–Kier alpha value is -5.50. The van der Waals surface area contributed by atoms with E-state index in [-0.39, 0.29) is 40.0 Å². The van der Waals surface area contributed by atoms with Gasteiger partial charge >= 0.3 is 0 Å². The average Bonchev–Trinajstić information content (AvgIpc) is 3.02. The number of halogens is 4. The van der Waals surface area contributed by atoms with Crippen molar-refractivity contribution in [2.45, 2.75) is 4.90 Å². The lowest BCUT2D eigenvalue weighted by atomic mass is 10.1. The molecule has 44 heavy (non-hydrogen) atoms. The van der Waals surface area contributed by atoms with Gasteiger partial charge < -0.3 is 16.0 Å². The lowest BCUT2D eigenvalue weighted by Crippen LogP contribution is -2.30. The number of benzene rings is 4. The van der Waals surface area contributed by atoms with Gasteiger partial charge in [-0.25, -0.2) is 17.6 Å². The molecule has 3 N–H and O–H groups in total. The van der Waals surface area contributed by atoms with Crippen molar-refractivity contribution in [1.29, 1.82) is 0 Å². The first-order valence-electron chi connectivity index (χ1n) is 12.5. The molecule has 0 spiro atoms. The van der Waals surface area contributed by atoms with Gasteiger partial charge in [-0.3, -0.25) is 24.5 Å². The summed E-state index contributed by atoms with van der Waals surface area (Å²) in [7, 11) is 0. The van der Waals surface area contributed by atoms with Crippen LogP contribution in [0.15, 0.2) is 95.5 Å². The Bertz CT molecular complexity index is 1740. The van der Waals surface area contributed by atoms with E-state index in [1.807, 2.05) is 5.32 Å². The zero-order valence-corrected chi connectivity index (χ0v) is 23.1. The van der Waals surface area contributed by atoms with Crippen LogP contribution < -0.4 is 16.0 Å². The summed E-state index contributed by atoms with van der Waals surface area (Å²) in [5, 5.41) is 18.4. The van der Waals surface area contributed by atoms with Crippen LogP contribution >= 0.6 is 11.8 Å². The molecule has 3 amide bonds. The maximum Gasteiger partial charge on any atom is 0.276 e. The number of amides is 3. The number of hydrogen-bond acceptors (Lipinski definition) is 6. The van der Waals surface area contributed by atoms with Crippen molar-refractivity contribution in [2.24, 2.45) is 0 Å². The molecular weight excluding hydrogens is 604 g/mol. The standard InChI is InChI=1S/C30H20F4N4O5S/c31-21-15-22(32)27(34)28(26(21)33)37-25(39)16-44-20-12-10-19(11-13-20)35-30(41)23(36-29(40)17-6-2-1-3-7-17)14-18-8-4-5-9-24(18)38(42)43/h1-15H,16H2,(H,35,41)(H,36,40)(H,37,39)/b23-14-. The molecule has 224 valence electrons. The van der Waals surface area contributed by atoms with Gasteiger partial charge in [0.1, 0.15) is 11.4 Å². The molecule has 0 saturated heterocycles.